The fraction of sp³-hybridized carbons (Fsp3) is 1.00. The van der Waals surface area contributed by atoms with E-state index >= 15 is 0 Å². The van der Waals surface area contributed by atoms with Gasteiger partial charge in [0.1, 0.15) is 0 Å². The standard InChI is InChI=1S/C12H19Cl2FSi/c1-16(2)5-3-10-7-9(13)8-11(10,4-6-16)12(10,14)15/h9H,3-8H2,1-2H3/t9?,10-,11+,12?. The summed E-state index contributed by atoms with van der Waals surface area (Å²) in [5, 5.41) is -1.28. The summed E-state index contributed by atoms with van der Waals surface area (Å²) in [6.45, 7) is 4.85. The molecule has 0 spiro atoms. The first kappa shape index (κ1) is 11.8. The fourth-order valence-corrected chi connectivity index (χ4v) is 8.08. The lowest BCUT2D eigenvalue weighted by Gasteiger charge is -2.26. The van der Waals surface area contributed by atoms with Crippen LogP contribution < -0.4 is 0 Å². The van der Waals surface area contributed by atoms with Crippen LogP contribution >= 0.6 is 23.2 Å². The van der Waals surface area contributed by atoms with Gasteiger partial charge < -0.3 is 0 Å². The number of halogens is 3. The Balaban J connectivity index is 1.95. The Hall–Kier alpha value is 0.727. The molecule has 2 aliphatic carbocycles. The van der Waals surface area contributed by atoms with E-state index < -0.39 is 13.2 Å². The van der Waals surface area contributed by atoms with Crippen LogP contribution in [0.15, 0.2) is 0 Å². The van der Waals surface area contributed by atoms with Crippen LogP contribution in [0, 0.1) is 10.8 Å². The third kappa shape index (κ3) is 1.12. The van der Waals surface area contributed by atoms with Crippen molar-refractivity contribution in [3.8, 4) is 0 Å². The molecule has 4 heteroatoms. The van der Waals surface area contributed by atoms with Gasteiger partial charge in [0.15, 0.2) is 5.13 Å². The average Bonchev–Trinajstić information content (AvgIpc) is 2.46. The third-order valence-electron chi connectivity index (χ3n) is 5.65. The maximum absolute atomic E-state index is 14.6. The summed E-state index contributed by atoms with van der Waals surface area (Å²) in [7, 11) is -1.08. The largest absolute Gasteiger partial charge is 0.225 e. The average molecular weight is 281 g/mol. The van der Waals surface area contributed by atoms with E-state index in [0.717, 1.165) is 25.7 Å². The molecule has 2 unspecified atom stereocenters. The minimum Gasteiger partial charge on any atom is -0.225 e. The summed E-state index contributed by atoms with van der Waals surface area (Å²) < 4.78 is 14.6. The SMILES string of the molecule is C[Si]1(C)CC[C@@]23CC(Cl)C[C@]2(CC1)C3(F)Cl. The Kier molecular flexibility index (Phi) is 2.21. The zero-order valence-electron chi connectivity index (χ0n) is 9.95. The van der Waals surface area contributed by atoms with Crippen molar-refractivity contribution in [2.45, 2.75) is 61.4 Å². The van der Waals surface area contributed by atoms with Crippen molar-refractivity contribution < 1.29 is 4.39 Å². The molecule has 0 bridgehead atoms. The molecule has 1 heterocycles. The lowest BCUT2D eigenvalue weighted by atomic mass is 9.92. The summed E-state index contributed by atoms with van der Waals surface area (Å²) in [6.07, 6.45) is 3.57. The van der Waals surface area contributed by atoms with Crippen LogP contribution in [0.4, 0.5) is 4.39 Å². The summed E-state index contributed by atoms with van der Waals surface area (Å²) in [5.74, 6) is 0. The molecule has 0 aromatic heterocycles. The first-order chi connectivity index (χ1) is 7.27. The normalized spacial score (nSPS) is 58.7. The smallest absolute Gasteiger partial charge is 0.196 e. The van der Waals surface area contributed by atoms with Crippen LogP contribution in [0.5, 0.6) is 0 Å². The van der Waals surface area contributed by atoms with Crippen molar-refractivity contribution in [3.63, 3.8) is 0 Å². The lowest BCUT2D eigenvalue weighted by molar-refractivity contribution is 0.273. The Labute approximate surface area is 108 Å². The Bertz CT molecular complexity index is 316. The van der Waals surface area contributed by atoms with Crippen molar-refractivity contribution in [1.82, 2.24) is 0 Å². The van der Waals surface area contributed by atoms with Gasteiger partial charge in [0.2, 0.25) is 0 Å². The van der Waals surface area contributed by atoms with Crippen molar-refractivity contribution in [1.29, 1.82) is 0 Å². The Morgan fingerprint density at radius 1 is 1.12 bits per heavy atom. The van der Waals surface area contributed by atoms with Gasteiger partial charge in [-0.2, -0.15) is 0 Å². The van der Waals surface area contributed by atoms with E-state index in [9.17, 15) is 4.39 Å². The molecule has 0 aromatic rings. The number of rotatable bonds is 0. The molecule has 0 nitrogen and oxygen atoms in total. The molecule has 0 radical (unpaired) electrons. The molecule has 1 aliphatic heterocycles. The van der Waals surface area contributed by atoms with Gasteiger partial charge in [0.05, 0.1) is 0 Å². The van der Waals surface area contributed by atoms with E-state index in [2.05, 4.69) is 13.1 Å². The highest BCUT2D eigenvalue weighted by atomic mass is 35.5. The van der Waals surface area contributed by atoms with Crippen LogP contribution in [-0.2, 0) is 0 Å². The molecule has 3 aliphatic rings. The van der Waals surface area contributed by atoms with Crippen LogP contribution in [0.1, 0.15) is 25.7 Å². The maximum Gasteiger partial charge on any atom is 0.196 e. The monoisotopic (exact) mass is 280 g/mol. The number of alkyl halides is 3. The summed E-state index contributed by atoms with van der Waals surface area (Å²) >= 11 is 12.4. The summed E-state index contributed by atoms with van der Waals surface area (Å²) in [5.41, 5.74) is -0.510. The molecular weight excluding hydrogens is 262 g/mol. The maximum atomic E-state index is 14.6. The van der Waals surface area contributed by atoms with E-state index in [0.29, 0.717) is 0 Å². The molecule has 3 fully saturated rings. The quantitative estimate of drug-likeness (QED) is 0.443. The van der Waals surface area contributed by atoms with E-state index in [-0.39, 0.29) is 16.2 Å². The molecule has 1 saturated heterocycles. The fourth-order valence-electron chi connectivity index (χ4n) is 4.44. The third-order valence-corrected chi connectivity index (χ3v) is 9.89. The molecule has 0 N–H and O–H groups in total. The second-order valence-electron chi connectivity index (χ2n) is 6.91. The van der Waals surface area contributed by atoms with Crippen molar-refractivity contribution in [2.75, 3.05) is 0 Å². The van der Waals surface area contributed by atoms with Crippen LogP contribution in [-0.4, -0.2) is 18.6 Å². The molecule has 16 heavy (non-hydrogen) atoms. The van der Waals surface area contributed by atoms with Gasteiger partial charge in [0, 0.05) is 24.3 Å². The van der Waals surface area contributed by atoms with E-state index in [4.69, 9.17) is 23.2 Å². The summed E-state index contributed by atoms with van der Waals surface area (Å²) in [4.78, 5) is 0. The zero-order chi connectivity index (χ0) is 11.8. The highest BCUT2D eigenvalue weighted by Gasteiger charge is 2.90. The Morgan fingerprint density at radius 3 is 2.00 bits per heavy atom. The zero-order valence-corrected chi connectivity index (χ0v) is 12.5. The molecule has 4 atom stereocenters. The molecule has 2 saturated carbocycles. The van der Waals surface area contributed by atoms with E-state index in [1.165, 1.54) is 12.1 Å². The van der Waals surface area contributed by atoms with E-state index in [1.54, 1.807) is 0 Å². The van der Waals surface area contributed by atoms with Crippen molar-refractivity contribution in [2.24, 2.45) is 10.8 Å². The predicted molar refractivity (Wildman–Crippen MR) is 69.8 cm³/mol. The van der Waals surface area contributed by atoms with Crippen molar-refractivity contribution >= 4 is 31.3 Å². The highest BCUT2D eigenvalue weighted by Crippen LogP contribution is 2.88. The van der Waals surface area contributed by atoms with Gasteiger partial charge >= 0.3 is 0 Å². The Morgan fingerprint density at radius 2 is 1.56 bits per heavy atom. The number of hydrogen-bond donors (Lipinski definition) is 0. The van der Waals surface area contributed by atoms with Crippen LogP contribution in [0.3, 0.4) is 0 Å². The second-order valence-corrected chi connectivity index (χ2v) is 13.4. The van der Waals surface area contributed by atoms with Gasteiger partial charge in [-0.15, -0.1) is 11.6 Å². The lowest BCUT2D eigenvalue weighted by Crippen LogP contribution is -2.28. The van der Waals surface area contributed by atoms with E-state index in [1.807, 2.05) is 0 Å². The van der Waals surface area contributed by atoms with Gasteiger partial charge in [-0.25, -0.2) is 4.39 Å². The molecule has 92 valence electrons. The minimum absolute atomic E-state index is 0.158. The van der Waals surface area contributed by atoms with Gasteiger partial charge in [-0.05, 0) is 25.7 Å². The predicted octanol–water partition coefficient (Wildman–Crippen LogP) is 4.78. The topological polar surface area (TPSA) is 0 Å². The van der Waals surface area contributed by atoms with Gasteiger partial charge in [-0.1, -0.05) is 36.8 Å². The number of hydrogen-bond acceptors (Lipinski definition) is 0. The summed E-state index contributed by atoms with van der Waals surface area (Å²) in [6, 6.07) is 2.44. The van der Waals surface area contributed by atoms with Gasteiger partial charge in [-0.3, -0.25) is 0 Å². The first-order valence-electron chi connectivity index (χ1n) is 6.28. The molecule has 0 amide bonds. The van der Waals surface area contributed by atoms with Crippen LogP contribution in [0.25, 0.3) is 0 Å². The minimum atomic E-state index is -1.43. The van der Waals surface area contributed by atoms with Crippen molar-refractivity contribution in [3.05, 3.63) is 0 Å². The van der Waals surface area contributed by atoms with Crippen LogP contribution in [0.2, 0.25) is 25.2 Å². The van der Waals surface area contributed by atoms with Gasteiger partial charge in [0.25, 0.3) is 0 Å². The molecular formula is C12H19Cl2FSi. The highest BCUT2D eigenvalue weighted by molar-refractivity contribution is 6.77. The molecule has 3 rings (SSSR count). The second kappa shape index (κ2) is 3.00. The molecule has 0 aromatic carbocycles. The first-order valence-corrected chi connectivity index (χ1v) is 10.5.